The summed E-state index contributed by atoms with van der Waals surface area (Å²) in [7, 11) is 0. The van der Waals surface area contributed by atoms with Crippen LogP contribution < -0.4 is 5.32 Å². The van der Waals surface area contributed by atoms with Crippen LogP contribution >= 0.6 is 0 Å². The average molecular weight is 303 g/mol. The molecular weight excluding hydrogens is 278 g/mol. The Morgan fingerprint density at radius 3 is 2.00 bits per heavy atom. The van der Waals surface area contributed by atoms with Gasteiger partial charge in [-0.05, 0) is 40.5 Å². The molecule has 0 bridgehead atoms. The third kappa shape index (κ3) is 8.88. The van der Waals surface area contributed by atoms with E-state index >= 15 is 0 Å². The molecule has 21 heavy (non-hydrogen) atoms. The Bertz CT molecular complexity index is 395. The minimum absolute atomic E-state index is 0.126. The molecule has 0 fully saturated rings. The fraction of sp³-hybridized carbons (Fsp3) is 0.786. The van der Waals surface area contributed by atoms with Crippen molar-refractivity contribution < 1.29 is 28.6 Å². The number of nitrogens with one attached hydrogen (secondary N) is 1. The number of amides is 1. The van der Waals surface area contributed by atoms with Gasteiger partial charge in [0.15, 0.2) is 0 Å². The molecule has 0 radical (unpaired) electrons. The molecule has 0 atom stereocenters. The van der Waals surface area contributed by atoms with Crippen LogP contribution in [-0.4, -0.2) is 36.0 Å². The van der Waals surface area contributed by atoms with Crippen molar-refractivity contribution in [1.82, 2.24) is 5.32 Å². The summed E-state index contributed by atoms with van der Waals surface area (Å²) in [5, 5.41) is 2.34. The highest BCUT2D eigenvalue weighted by molar-refractivity contribution is 5.90. The zero-order valence-electron chi connectivity index (χ0n) is 13.7. The van der Waals surface area contributed by atoms with Crippen molar-refractivity contribution in [2.45, 2.75) is 59.6 Å². The Hall–Kier alpha value is -1.79. The third-order valence-electron chi connectivity index (χ3n) is 2.03. The smallest absolute Gasteiger partial charge is 0.444 e. The van der Waals surface area contributed by atoms with Gasteiger partial charge in [-0.15, -0.1) is 0 Å². The van der Waals surface area contributed by atoms with E-state index in [0.29, 0.717) is 0 Å². The number of esters is 1. The molecule has 0 rings (SSSR count). The minimum Gasteiger partial charge on any atom is -0.444 e. The van der Waals surface area contributed by atoms with E-state index in [-0.39, 0.29) is 12.5 Å². The van der Waals surface area contributed by atoms with Crippen molar-refractivity contribution in [3.05, 3.63) is 0 Å². The number of hydrogen-bond acceptors (Lipinski definition) is 6. The van der Waals surface area contributed by atoms with Crippen LogP contribution in [0.2, 0.25) is 0 Å². The quantitative estimate of drug-likeness (QED) is 0.634. The second kappa shape index (κ2) is 7.28. The summed E-state index contributed by atoms with van der Waals surface area (Å²) in [4.78, 5) is 34.8. The molecule has 1 N–H and O–H groups in total. The topological polar surface area (TPSA) is 90.9 Å². The first-order valence-corrected chi connectivity index (χ1v) is 6.73. The van der Waals surface area contributed by atoms with Crippen LogP contribution in [-0.2, 0) is 19.0 Å². The average Bonchev–Trinajstić information content (AvgIpc) is 2.22. The first kappa shape index (κ1) is 19.2. The maximum atomic E-state index is 11.8. The van der Waals surface area contributed by atoms with Crippen LogP contribution in [0.5, 0.6) is 0 Å². The molecule has 0 aromatic carbocycles. The predicted octanol–water partition coefficient (Wildman–Crippen LogP) is 2.63. The van der Waals surface area contributed by atoms with Crippen molar-refractivity contribution in [3.63, 3.8) is 0 Å². The van der Waals surface area contributed by atoms with E-state index in [1.165, 1.54) is 13.8 Å². The van der Waals surface area contributed by atoms with E-state index in [1.54, 1.807) is 20.8 Å². The second-order valence-electron chi connectivity index (χ2n) is 6.60. The van der Waals surface area contributed by atoms with Crippen molar-refractivity contribution >= 4 is 18.2 Å². The van der Waals surface area contributed by atoms with Crippen LogP contribution in [0.25, 0.3) is 0 Å². The SMILES string of the molecule is CC(C)COC(=O)OC(=O)C(C)(C)NC(=O)OC(C)(C)C. The van der Waals surface area contributed by atoms with Gasteiger partial charge in [-0.1, -0.05) is 13.8 Å². The first-order valence-electron chi connectivity index (χ1n) is 6.73. The molecule has 7 heteroatoms. The summed E-state index contributed by atoms with van der Waals surface area (Å²) in [5.74, 6) is -0.803. The maximum absolute atomic E-state index is 11.8. The van der Waals surface area contributed by atoms with Gasteiger partial charge in [0, 0.05) is 0 Å². The molecule has 0 aliphatic heterocycles. The Kier molecular flexibility index (Phi) is 6.66. The summed E-state index contributed by atoms with van der Waals surface area (Å²) in [6.07, 6.45) is -1.87. The van der Waals surface area contributed by atoms with Crippen LogP contribution in [0.1, 0.15) is 48.5 Å². The van der Waals surface area contributed by atoms with Gasteiger partial charge in [-0.2, -0.15) is 0 Å². The Labute approximate surface area is 125 Å². The molecule has 0 spiro atoms. The summed E-state index contributed by atoms with van der Waals surface area (Å²) in [6.45, 7) is 11.7. The lowest BCUT2D eigenvalue weighted by molar-refractivity contribution is -0.146. The fourth-order valence-corrected chi connectivity index (χ4v) is 1.08. The standard InChI is InChI=1S/C14H25NO6/c1-9(2)8-19-12(18)20-10(16)14(6,7)15-11(17)21-13(3,4)5/h9H,8H2,1-7H3,(H,15,17). The number of carbonyl (C=O) groups is 3. The monoisotopic (exact) mass is 303 g/mol. The molecule has 1 amide bonds. The van der Waals surface area contributed by atoms with Crippen LogP contribution in [0.15, 0.2) is 0 Å². The van der Waals surface area contributed by atoms with E-state index in [0.717, 1.165) is 0 Å². The fourth-order valence-electron chi connectivity index (χ4n) is 1.08. The van der Waals surface area contributed by atoms with Crippen LogP contribution in [0, 0.1) is 5.92 Å². The number of hydrogen-bond donors (Lipinski definition) is 1. The van der Waals surface area contributed by atoms with Gasteiger partial charge in [-0.3, -0.25) is 0 Å². The molecule has 0 aliphatic carbocycles. The van der Waals surface area contributed by atoms with Gasteiger partial charge in [0.05, 0.1) is 6.61 Å². The first-order chi connectivity index (χ1) is 9.33. The van der Waals surface area contributed by atoms with Gasteiger partial charge in [0.2, 0.25) is 0 Å². The third-order valence-corrected chi connectivity index (χ3v) is 2.03. The van der Waals surface area contributed by atoms with Gasteiger partial charge in [-0.25, -0.2) is 14.4 Å². The van der Waals surface area contributed by atoms with Crippen LogP contribution in [0.4, 0.5) is 9.59 Å². The number of alkyl carbamates (subject to hydrolysis) is 1. The lowest BCUT2D eigenvalue weighted by atomic mass is 10.1. The van der Waals surface area contributed by atoms with Gasteiger partial charge >= 0.3 is 18.2 Å². The molecule has 0 saturated carbocycles. The molecule has 0 heterocycles. The highest BCUT2D eigenvalue weighted by Crippen LogP contribution is 2.11. The summed E-state index contributed by atoms with van der Waals surface area (Å²) in [6, 6.07) is 0. The lowest BCUT2D eigenvalue weighted by Gasteiger charge is -2.26. The summed E-state index contributed by atoms with van der Waals surface area (Å²) >= 11 is 0. The largest absolute Gasteiger partial charge is 0.516 e. The number of carbonyl (C=O) groups excluding carboxylic acids is 3. The highest BCUT2D eigenvalue weighted by atomic mass is 16.7. The summed E-state index contributed by atoms with van der Waals surface area (Å²) in [5.41, 5.74) is -2.11. The van der Waals surface area contributed by atoms with E-state index in [2.05, 4.69) is 10.1 Å². The van der Waals surface area contributed by atoms with Crippen LogP contribution in [0.3, 0.4) is 0 Å². The number of ether oxygens (including phenoxy) is 3. The van der Waals surface area contributed by atoms with Gasteiger partial charge in [0.1, 0.15) is 11.1 Å². The maximum Gasteiger partial charge on any atom is 0.516 e. The molecule has 0 aromatic heterocycles. The lowest BCUT2D eigenvalue weighted by Crippen LogP contribution is -2.52. The van der Waals surface area contributed by atoms with Crippen molar-refractivity contribution in [2.24, 2.45) is 5.92 Å². The molecule has 0 saturated heterocycles. The van der Waals surface area contributed by atoms with Crippen molar-refractivity contribution in [2.75, 3.05) is 6.61 Å². The molecule has 7 nitrogen and oxygen atoms in total. The second-order valence-corrected chi connectivity index (χ2v) is 6.60. The Morgan fingerprint density at radius 2 is 1.57 bits per heavy atom. The van der Waals surface area contributed by atoms with Crippen molar-refractivity contribution in [1.29, 1.82) is 0 Å². The molecule has 0 aromatic rings. The van der Waals surface area contributed by atoms with E-state index in [1.807, 2.05) is 13.8 Å². The zero-order chi connectivity index (χ0) is 16.8. The molecule has 122 valence electrons. The van der Waals surface area contributed by atoms with Crippen molar-refractivity contribution in [3.8, 4) is 0 Å². The Morgan fingerprint density at radius 1 is 1.05 bits per heavy atom. The molecule has 0 unspecified atom stereocenters. The highest BCUT2D eigenvalue weighted by Gasteiger charge is 2.35. The minimum atomic E-state index is -1.42. The van der Waals surface area contributed by atoms with Gasteiger partial charge in [0.25, 0.3) is 0 Å². The molecule has 0 aliphatic rings. The predicted molar refractivity (Wildman–Crippen MR) is 75.7 cm³/mol. The summed E-state index contributed by atoms with van der Waals surface area (Å²) < 4.78 is 14.3. The number of rotatable bonds is 4. The molecular formula is C14H25NO6. The van der Waals surface area contributed by atoms with E-state index < -0.39 is 29.4 Å². The zero-order valence-corrected chi connectivity index (χ0v) is 13.7. The Balaban J connectivity index is 4.45. The normalized spacial score (nSPS) is 11.8. The van der Waals surface area contributed by atoms with E-state index in [4.69, 9.17) is 9.47 Å². The van der Waals surface area contributed by atoms with Gasteiger partial charge < -0.3 is 19.5 Å². The van der Waals surface area contributed by atoms with E-state index in [9.17, 15) is 14.4 Å².